The van der Waals surface area contributed by atoms with Crippen LogP contribution in [0.4, 0.5) is 0 Å². The van der Waals surface area contributed by atoms with Crippen LogP contribution in [-0.2, 0) is 9.53 Å². The highest BCUT2D eigenvalue weighted by atomic mass is 16.5. The van der Waals surface area contributed by atoms with Crippen LogP contribution >= 0.6 is 0 Å². The number of carbonyl (C=O) groups is 1. The van der Waals surface area contributed by atoms with Crippen LogP contribution in [0.3, 0.4) is 0 Å². The standard InChI is InChI=1S/C13H22O2/c1-4-15-12(14)7-9-5-10-8-11(6-9)13(10,2)3/h9-11H,4-8H2,1-3H3. The highest BCUT2D eigenvalue weighted by Crippen LogP contribution is 2.61. The monoisotopic (exact) mass is 210 g/mol. The Morgan fingerprint density at radius 1 is 1.27 bits per heavy atom. The van der Waals surface area contributed by atoms with Gasteiger partial charge in [-0.25, -0.2) is 0 Å². The van der Waals surface area contributed by atoms with Crippen LogP contribution in [0.1, 0.15) is 46.5 Å². The molecular formula is C13H22O2. The van der Waals surface area contributed by atoms with Crippen molar-refractivity contribution in [1.82, 2.24) is 0 Å². The van der Waals surface area contributed by atoms with Crippen LogP contribution < -0.4 is 0 Å². The molecule has 2 heteroatoms. The van der Waals surface area contributed by atoms with Gasteiger partial charge in [-0.1, -0.05) is 13.8 Å². The number of rotatable bonds is 3. The molecule has 3 rings (SSSR count). The molecule has 2 bridgehead atoms. The summed E-state index contributed by atoms with van der Waals surface area (Å²) in [6, 6.07) is 0. The number of carbonyl (C=O) groups excluding carboxylic acids is 1. The maximum absolute atomic E-state index is 11.4. The molecule has 0 radical (unpaired) electrons. The zero-order valence-electron chi connectivity index (χ0n) is 10.1. The summed E-state index contributed by atoms with van der Waals surface area (Å²) in [5, 5.41) is 0. The lowest BCUT2D eigenvalue weighted by Crippen LogP contribution is -2.50. The van der Waals surface area contributed by atoms with E-state index in [1.807, 2.05) is 6.92 Å². The van der Waals surface area contributed by atoms with Crippen LogP contribution in [0.5, 0.6) is 0 Å². The normalized spacial score (nSPS) is 36.9. The van der Waals surface area contributed by atoms with Crippen molar-refractivity contribution in [3.63, 3.8) is 0 Å². The minimum Gasteiger partial charge on any atom is -0.466 e. The SMILES string of the molecule is CCOC(=O)CC1CC2CC(C1)C2(C)C. The quantitative estimate of drug-likeness (QED) is 0.669. The Bertz CT molecular complexity index is 243. The summed E-state index contributed by atoms with van der Waals surface area (Å²) in [6.45, 7) is 7.15. The van der Waals surface area contributed by atoms with Crippen LogP contribution in [-0.4, -0.2) is 12.6 Å². The summed E-state index contributed by atoms with van der Waals surface area (Å²) in [5.41, 5.74) is 0.547. The maximum Gasteiger partial charge on any atom is 0.306 e. The Hall–Kier alpha value is -0.530. The third-order valence-corrected chi connectivity index (χ3v) is 4.67. The number of fused-ring (bicyclic) bond motifs is 2. The Balaban J connectivity index is 1.82. The summed E-state index contributed by atoms with van der Waals surface area (Å²) >= 11 is 0. The van der Waals surface area contributed by atoms with Crippen LogP contribution in [0.15, 0.2) is 0 Å². The lowest BCUT2D eigenvalue weighted by atomic mass is 9.46. The molecule has 86 valence electrons. The Kier molecular flexibility index (Phi) is 2.78. The first-order valence-corrected chi connectivity index (χ1v) is 6.19. The van der Waals surface area contributed by atoms with Gasteiger partial charge in [0.15, 0.2) is 0 Å². The maximum atomic E-state index is 11.4. The first-order chi connectivity index (χ1) is 7.04. The van der Waals surface area contributed by atoms with Crippen molar-refractivity contribution >= 4 is 5.97 Å². The second-order valence-electron chi connectivity index (χ2n) is 5.80. The highest BCUT2D eigenvalue weighted by molar-refractivity contribution is 5.69. The van der Waals surface area contributed by atoms with Gasteiger partial charge >= 0.3 is 5.97 Å². The number of hydrogen-bond donors (Lipinski definition) is 0. The predicted molar refractivity (Wildman–Crippen MR) is 59.4 cm³/mol. The zero-order valence-corrected chi connectivity index (χ0v) is 10.1. The van der Waals surface area contributed by atoms with Crippen molar-refractivity contribution in [1.29, 1.82) is 0 Å². The van der Waals surface area contributed by atoms with Gasteiger partial charge < -0.3 is 4.74 Å². The Morgan fingerprint density at radius 3 is 2.33 bits per heavy atom. The lowest BCUT2D eigenvalue weighted by Gasteiger charge is -2.59. The summed E-state index contributed by atoms with van der Waals surface area (Å²) < 4.78 is 5.01. The topological polar surface area (TPSA) is 26.3 Å². The third-order valence-electron chi connectivity index (χ3n) is 4.67. The van der Waals surface area contributed by atoms with Gasteiger partial charge in [-0.15, -0.1) is 0 Å². The fourth-order valence-electron chi connectivity index (χ4n) is 3.45. The minimum absolute atomic E-state index is 0.00149. The van der Waals surface area contributed by atoms with Gasteiger partial charge in [-0.3, -0.25) is 4.79 Å². The molecule has 15 heavy (non-hydrogen) atoms. The van der Waals surface area contributed by atoms with E-state index in [0.717, 1.165) is 11.8 Å². The van der Waals surface area contributed by atoms with E-state index in [1.165, 1.54) is 19.3 Å². The average Bonchev–Trinajstić information content (AvgIpc) is 2.18. The molecule has 0 spiro atoms. The molecule has 3 aliphatic carbocycles. The second-order valence-corrected chi connectivity index (χ2v) is 5.80. The molecule has 3 aliphatic rings. The Morgan fingerprint density at radius 2 is 1.87 bits per heavy atom. The van der Waals surface area contributed by atoms with Crippen LogP contribution in [0, 0.1) is 23.2 Å². The average molecular weight is 210 g/mol. The van der Waals surface area contributed by atoms with Crippen molar-refractivity contribution in [3.8, 4) is 0 Å². The van der Waals surface area contributed by atoms with Crippen LogP contribution in [0.2, 0.25) is 0 Å². The summed E-state index contributed by atoms with van der Waals surface area (Å²) in [6.07, 6.45) is 4.52. The van der Waals surface area contributed by atoms with E-state index in [1.54, 1.807) is 0 Å². The zero-order chi connectivity index (χ0) is 11.1. The lowest BCUT2D eigenvalue weighted by molar-refractivity contribution is -0.148. The largest absolute Gasteiger partial charge is 0.466 e. The van der Waals surface area contributed by atoms with Crippen molar-refractivity contribution in [3.05, 3.63) is 0 Å². The van der Waals surface area contributed by atoms with E-state index in [4.69, 9.17) is 4.74 Å². The van der Waals surface area contributed by atoms with Gasteiger partial charge in [-0.2, -0.15) is 0 Å². The predicted octanol–water partition coefficient (Wildman–Crippen LogP) is 3.01. The molecule has 0 amide bonds. The fraction of sp³-hybridized carbons (Fsp3) is 0.923. The van der Waals surface area contributed by atoms with Gasteiger partial charge in [0, 0.05) is 6.42 Å². The highest BCUT2D eigenvalue weighted by Gasteiger charge is 2.52. The first kappa shape index (κ1) is 11.0. The van der Waals surface area contributed by atoms with E-state index in [2.05, 4.69) is 13.8 Å². The fourth-order valence-corrected chi connectivity index (χ4v) is 3.45. The number of esters is 1. The molecule has 3 fully saturated rings. The van der Waals surface area contributed by atoms with Crippen LogP contribution in [0.25, 0.3) is 0 Å². The molecule has 0 aromatic carbocycles. The third kappa shape index (κ3) is 1.91. The molecule has 0 heterocycles. The van der Waals surface area contributed by atoms with Gasteiger partial charge in [0.25, 0.3) is 0 Å². The molecule has 2 nitrogen and oxygen atoms in total. The molecule has 0 N–H and O–H groups in total. The smallest absolute Gasteiger partial charge is 0.306 e. The van der Waals surface area contributed by atoms with E-state index in [9.17, 15) is 4.79 Å². The molecule has 2 atom stereocenters. The molecule has 0 aromatic rings. The molecule has 0 saturated heterocycles. The number of ether oxygens (including phenoxy) is 1. The van der Waals surface area contributed by atoms with E-state index in [-0.39, 0.29) is 5.97 Å². The van der Waals surface area contributed by atoms with Gasteiger partial charge in [0.1, 0.15) is 0 Å². The van der Waals surface area contributed by atoms with E-state index >= 15 is 0 Å². The molecule has 0 aliphatic heterocycles. The second kappa shape index (κ2) is 3.80. The van der Waals surface area contributed by atoms with Crippen molar-refractivity contribution in [2.24, 2.45) is 23.2 Å². The summed E-state index contributed by atoms with van der Waals surface area (Å²) in [7, 11) is 0. The Labute approximate surface area is 92.4 Å². The van der Waals surface area contributed by atoms with Gasteiger partial charge in [0.2, 0.25) is 0 Å². The minimum atomic E-state index is 0.00149. The van der Waals surface area contributed by atoms with Crippen molar-refractivity contribution in [2.45, 2.75) is 46.5 Å². The number of hydrogen-bond acceptors (Lipinski definition) is 2. The summed E-state index contributed by atoms with van der Waals surface area (Å²) in [5.74, 6) is 2.31. The van der Waals surface area contributed by atoms with Gasteiger partial charge in [0.05, 0.1) is 6.61 Å². The van der Waals surface area contributed by atoms with Crippen molar-refractivity contribution < 1.29 is 9.53 Å². The van der Waals surface area contributed by atoms with E-state index in [0.29, 0.717) is 24.4 Å². The van der Waals surface area contributed by atoms with E-state index < -0.39 is 0 Å². The molecule has 3 saturated carbocycles. The molecule has 2 unspecified atom stereocenters. The molecule has 0 aromatic heterocycles. The van der Waals surface area contributed by atoms with Gasteiger partial charge in [-0.05, 0) is 49.4 Å². The summed E-state index contributed by atoms with van der Waals surface area (Å²) in [4.78, 5) is 11.4. The molecular weight excluding hydrogens is 188 g/mol. The first-order valence-electron chi connectivity index (χ1n) is 6.19. The van der Waals surface area contributed by atoms with Crippen molar-refractivity contribution in [2.75, 3.05) is 6.61 Å².